The first-order valence-electron chi connectivity index (χ1n) is 7.49. The third-order valence-electron chi connectivity index (χ3n) is 4.40. The van der Waals surface area contributed by atoms with Crippen molar-refractivity contribution in [3.05, 3.63) is 47.0 Å². The average Bonchev–Trinajstić information content (AvgIpc) is 2.99. The zero-order valence-electron chi connectivity index (χ0n) is 13.6. The van der Waals surface area contributed by atoms with Crippen molar-refractivity contribution in [3.63, 3.8) is 0 Å². The molecule has 1 aromatic heterocycles. The number of nitrogens with two attached hydrogens (primary N) is 1. The van der Waals surface area contributed by atoms with Gasteiger partial charge in [-0.25, -0.2) is 4.39 Å². The van der Waals surface area contributed by atoms with E-state index in [2.05, 4.69) is 20.5 Å². The largest absolute Gasteiger partial charge is 0.309 e. The first kappa shape index (κ1) is 16.7. The molecule has 3 rings (SSSR count). The van der Waals surface area contributed by atoms with E-state index < -0.39 is 17.4 Å². The lowest BCUT2D eigenvalue weighted by Crippen LogP contribution is -2.54. The van der Waals surface area contributed by atoms with Gasteiger partial charge in [-0.3, -0.25) is 4.99 Å². The molecule has 0 amide bonds. The summed E-state index contributed by atoms with van der Waals surface area (Å²) in [5.74, 6) is -0.176. The molecule has 0 radical (unpaired) electrons. The van der Waals surface area contributed by atoms with Crippen LogP contribution >= 0.6 is 11.6 Å². The molecule has 2 unspecified atom stereocenters. The second kappa shape index (κ2) is 5.75. The Morgan fingerprint density at radius 3 is 2.75 bits per heavy atom. The van der Waals surface area contributed by atoms with E-state index in [4.69, 9.17) is 17.3 Å². The molecule has 1 aliphatic heterocycles. The minimum absolute atomic E-state index is 0.000245. The minimum atomic E-state index is -0.806. The van der Waals surface area contributed by atoms with Gasteiger partial charge >= 0.3 is 0 Å². The maximum atomic E-state index is 14.5. The monoisotopic (exact) mass is 348 g/mol. The van der Waals surface area contributed by atoms with Crippen molar-refractivity contribution < 1.29 is 4.39 Å². The van der Waals surface area contributed by atoms with Gasteiger partial charge in [-0.15, -0.1) is 5.10 Å². The van der Waals surface area contributed by atoms with E-state index in [0.717, 1.165) is 0 Å². The summed E-state index contributed by atoms with van der Waals surface area (Å²) in [5.41, 5.74) is 5.32. The Morgan fingerprint density at radius 1 is 1.33 bits per heavy atom. The molecule has 1 aromatic carbocycles. The van der Waals surface area contributed by atoms with E-state index in [-0.39, 0.29) is 16.1 Å². The molecule has 0 bridgehead atoms. The Kier molecular flexibility index (Phi) is 4.01. The Morgan fingerprint density at radius 2 is 2.08 bits per heavy atom. The van der Waals surface area contributed by atoms with Crippen molar-refractivity contribution >= 4 is 17.8 Å². The highest BCUT2D eigenvalue weighted by molar-refractivity contribution is 6.30. The average molecular weight is 349 g/mol. The third kappa shape index (κ3) is 2.35. The molecule has 126 valence electrons. The molecule has 0 saturated heterocycles. The fourth-order valence-electron chi connectivity index (χ4n) is 3.05. The molecule has 2 heterocycles. The highest BCUT2D eigenvalue weighted by Crippen LogP contribution is 2.46. The van der Waals surface area contributed by atoms with Gasteiger partial charge in [0.15, 0.2) is 11.6 Å². The number of nitrogens with zero attached hydrogens (tertiary/aromatic N) is 5. The lowest BCUT2D eigenvalue weighted by molar-refractivity contribution is 0.185. The predicted octanol–water partition coefficient (Wildman–Crippen LogP) is 2.66. The van der Waals surface area contributed by atoms with Crippen molar-refractivity contribution in [2.24, 2.45) is 16.1 Å². The minimum Gasteiger partial charge on any atom is -0.309 e. The molecule has 0 aliphatic carbocycles. The van der Waals surface area contributed by atoms with E-state index >= 15 is 0 Å². The number of aliphatic imine (C=N–C) groups is 1. The summed E-state index contributed by atoms with van der Waals surface area (Å²) in [5, 5.41) is 11.9. The fraction of sp³-hybridized carbons (Fsp3) is 0.375. The standard InChI is InChI=1S/C16H18ClFN6/c1-15(2,3)16(8-5-9-20-13(16)19)14-21-22-23-24(14)11-7-4-6-10(17)12(11)18/h4-9,13H,19H2,1-3H3. The fourth-order valence-corrected chi connectivity index (χ4v) is 3.22. The number of tetrazole rings is 1. The number of rotatable bonds is 2. The molecule has 0 spiro atoms. The van der Waals surface area contributed by atoms with Crippen LogP contribution in [0.25, 0.3) is 5.69 Å². The summed E-state index contributed by atoms with van der Waals surface area (Å²) in [6.45, 7) is 6.06. The van der Waals surface area contributed by atoms with Crippen molar-refractivity contribution in [1.82, 2.24) is 20.2 Å². The molecular weight excluding hydrogens is 331 g/mol. The zero-order chi connectivity index (χ0) is 17.5. The molecule has 1 aliphatic rings. The SMILES string of the molecule is CC(C)(C)C1(c2nnnn2-c2cccc(Cl)c2F)C=CC=NC1N. The van der Waals surface area contributed by atoms with Crippen molar-refractivity contribution in [2.45, 2.75) is 32.4 Å². The molecule has 0 fully saturated rings. The van der Waals surface area contributed by atoms with Gasteiger partial charge in [0.1, 0.15) is 11.9 Å². The first-order chi connectivity index (χ1) is 11.3. The first-order valence-corrected chi connectivity index (χ1v) is 7.86. The number of allylic oxidation sites excluding steroid dienone is 1. The van der Waals surface area contributed by atoms with Gasteiger partial charge in [-0.1, -0.05) is 44.5 Å². The molecule has 2 N–H and O–H groups in total. The maximum absolute atomic E-state index is 14.5. The van der Waals surface area contributed by atoms with Gasteiger partial charge in [-0.05, 0) is 34.1 Å². The summed E-state index contributed by atoms with van der Waals surface area (Å²) in [6, 6.07) is 4.68. The molecule has 8 heteroatoms. The summed E-state index contributed by atoms with van der Waals surface area (Å²) in [7, 11) is 0. The van der Waals surface area contributed by atoms with E-state index in [9.17, 15) is 4.39 Å². The maximum Gasteiger partial charge on any atom is 0.170 e. The Balaban J connectivity index is 2.27. The third-order valence-corrected chi connectivity index (χ3v) is 4.69. The van der Waals surface area contributed by atoms with Crippen LogP contribution in [-0.2, 0) is 5.41 Å². The van der Waals surface area contributed by atoms with Crippen molar-refractivity contribution in [2.75, 3.05) is 0 Å². The van der Waals surface area contributed by atoms with Crippen LogP contribution in [-0.4, -0.2) is 32.6 Å². The predicted molar refractivity (Wildman–Crippen MR) is 90.9 cm³/mol. The van der Waals surface area contributed by atoms with Crippen molar-refractivity contribution in [3.8, 4) is 5.69 Å². The quantitative estimate of drug-likeness (QED) is 0.904. The van der Waals surface area contributed by atoms with Gasteiger partial charge in [0.2, 0.25) is 0 Å². The van der Waals surface area contributed by atoms with E-state index in [1.54, 1.807) is 18.3 Å². The molecule has 2 atom stereocenters. The summed E-state index contributed by atoms with van der Waals surface area (Å²) in [4.78, 5) is 4.32. The smallest absolute Gasteiger partial charge is 0.170 e. The van der Waals surface area contributed by atoms with Crippen LogP contribution in [0.15, 0.2) is 35.3 Å². The van der Waals surface area contributed by atoms with Crippen LogP contribution < -0.4 is 5.73 Å². The summed E-state index contributed by atoms with van der Waals surface area (Å²) in [6.07, 6.45) is 4.77. The van der Waals surface area contributed by atoms with E-state index in [1.165, 1.54) is 10.7 Å². The lowest BCUT2D eigenvalue weighted by atomic mass is 9.63. The number of aromatic nitrogens is 4. The van der Waals surface area contributed by atoms with Gasteiger partial charge in [0.25, 0.3) is 0 Å². The molecular formula is C16H18ClFN6. The number of halogens is 2. The second-order valence-electron chi connectivity index (χ2n) is 6.71. The number of hydrogen-bond acceptors (Lipinski definition) is 5. The molecule has 0 saturated carbocycles. The van der Waals surface area contributed by atoms with Crippen LogP contribution in [0.5, 0.6) is 0 Å². The Bertz CT molecular complexity index is 822. The number of benzene rings is 1. The summed E-state index contributed by atoms with van der Waals surface area (Å²) >= 11 is 5.90. The normalized spacial score (nSPS) is 23.7. The Labute approximate surface area is 144 Å². The summed E-state index contributed by atoms with van der Waals surface area (Å²) < 4.78 is 15.8. The molecule has 2 aromatic rings. The highest BCUT2D eigenvalue weighted by Gasteiger charge is 2.51. The van der Waals surface area contributed by atoms with E-state index in [0.29, 0.717) is 5.82 Å². The highest BCUT2D eigenvalue weighted by atomic mass is 35.5. The van der Waals surface area contributed by atoms with Gasteiger partial charge in [0, 0.05) is 6.21 Å². The second-order valence-corrected chi connectivity index (χ2v) is 7.12. The van der Waals surface area contributed by atoms with Crippen LogP contribution in [0, 0.1) is 11.2 Å². The van der Waals surface area contributed by atoms with Gasteiger partial charge in [-0.2, -0.15) is 4.68 Å². The van der Waals surface area contributed by atoms with Crippen LogP contribution in [0.2, 0.25) is 5.02 Å². The van der Waals surface area contributed by atoms with Crippen LogP contribution in [0.1, 0.15) is 26.6 Å². The number of dihydropyridines is 1. The topological polar surface area (TPSA) is 82.0 Å². The van der Waals surface area contributed by atoms with Crippen LogP contribution in [0.4, 0.5) is 4.39 Å². The molecule has 24 heavy (non-hydrogen) atoms. The van der Waals surface area contributed by atoms with Crippen LogP contribution in [0.3, 0.4) is 0 Å². The zero-order valence-corrected chi connectivity index (χ0v) is 14.4. The Hall–Kier alpha value is -2.12. The molecule has 6 nitrogen and oxygen atoms in total. The van der Waals surface area contributed by atoms with Gasteiger partial charge < -0.3 is 5.73 Å². The lowest BCUT2D eigenvalue weighted by Gasteiger charge is -2.44. The number of hydrogen-bond donors (Lipinski definition) is 1. The van der Waals surface area contributed by atoms with Crippen molar-refractivity contribution in [1.29, 1.82) is 0 Å². The van der Waals surface area contributed by atoms with Gasteiger partial charge in [0.05, 0.1) is 10.4 Å². The van der Waals surface area contributed by atoms with E-state index in [1.807, 2.05) is 32.9 Å².